The molecule has 1 atom stereocenters. The summed E-state index contributed by atoms with van der Waals surface area (Å²) in [7, 11) is 0. The van der Waals surface area contributed by atoms with Crippen molar-refractivity contribution in [1.82, 2.24) is 0 Å². The molecule has 20 heavy (non-hydrogen) atoms. The maximum absolute atomic E-state index is 14.2. The van der Waals surface area contributed by atoms with Crippen LogP contribution < -0.4 is 0 Å². The molecule has 0 aliphatic carbocycles. The van der Waals surface area contributed by atoms with Crippen LogP contribution in [-0.4, -0.2) is 0 Å². The van der Waals surface area contributed by atoms with Gasteiger partial charge in [-0.1, -0.05) is 43.6 Å². The summed E-state index contributed by atoms with van der Waals surface area (Å²) in [5, 5.41) is 0.683. The van der Waals surface area contributed by atoms with Crippen molar-refractivity contribution in [2.24, 2.45) is 0 Å². The van der Waals surface area contributed by atoms with E-state index < -0.39 is 11.6 Å². The van der Waals surface area contributed by atoms with Crippen LogP contribution >= 0.6 is 11.6 Å². The van der Waals surface area contributed by atoms with Crippen LogP contribution in [0.15, 0.2) is 36.4 Å². The molecular formula is C17H17ClF2. The summed E-state index contributed by atoms with van der Waals surface area (Å²) in [6.45, 7) is 3.78. The van der Waals surface area contributed by atoms with E-state index in [0.29, 0.717) is 23.4 Å². The molecule has 0 nitrogen and oxygen atoms in total. The highest BCUT2D eigenvalue weighted by Crippen LogP contribution is 2.25. The minimum atomic E-state index is -0.465. The first kappa shape index (κ1) is 15.0. The Morgan fingerprint density at radius 3 is 2.30 bits per heavy atom. The quantitative estimate of drug-likeness (QED) is 0.696. The lowest BCUT2D eigenvalue weighted by Gasteiger charge is -2.14. The van der Waals surface area contributed by atoms with E-state index in [1.165, 1.54) is 12.1 Å². The first-order valence-electron chi connectivity index (χ1n) is 6.74. The van der Waals surface area contributed by atoms with Crippen molar-refractivity contribution in [2.75, 3.05) is 0 Å². The molecule has 2 aromatic carbocycles. The summed E-state index contributed by atoms with van der Waals surface area (Å²) in [6, 6.07) is 10.4. The highest BCUT2D eigenvalue weighted by molar-refractivity contribution is 6.30. The van der Waals surface area contributed by atoms with Crippen LogP contribution in [0, 0.1) is 11.6 Å². The molecule has 0 saturated carbocycles. The van der Waals surface area contributed by atoms with Gasteiger partial charge in [-0.25, -0.2) is 8.78 Å². The van der Waals surface area contributed by atoms with E-state index in [0.717, 1.165) is 5.56 Å². The summed E-state index contributed by atoms with van der Waals surface area (Å²) in [5.74, 6) is -0.724. The molecule has 0 N–H and O–H groups in total. The number of hydrogen-bond acceptors (Lipinski definition) is 0. The average Bonchev–Trinajstić information content (AvgIpc) is 2.43. The van der Waals surface area contributed by atoms with Gasteiger partial charge in [0.15, 0.2) is 0 Å². The smallest absolute Gasteiger partial charge is 0.132 e. The predicted octanol–water partition coefficient (Wildman–Crippen LogP) is 5.53. The minimum absolute atomic E-state index is 0.150. The molecule has 0 heterocycles. The number of halogens is 3. The number of rotatable bonds is 4. The first-order chi connectivity index (χ1) is 9.52. The molecule has 1 unspecified atom stereocenters. The maximum atomic E-state index is 14.2. The fourth-order valence-electron chi connectivity index (χ4n) is 2.37. The van der Waals surface area contributed by atoms with Crippen LogP contribution in [0.4, 0.5) is 8.78 Å². The SMILES string of the molecule is CCc1c(F)ccc(CC(C)c2ccc(Cl)cc2)c1F. The zero-order valence-electron chi connectivity index (χ0n) is 11.6. The van der Waals surface area contributed by atoms with Gasteiger partial charge in [0.1, 0.15) is 11.6 Å². The molecule has 0 aromatic heterocycles. The highest BCUT2D eigenvalue weighted by atomic mass is 35.5. The third kappa shape index (κ3) is 3.18. The van der Waals surface area contributed by atoms with Crippen molar-refractivity contribution in [2.45, 2.75) is 32.6 Å². The van der Waals surface area contributed by atoms with Crippen molar-refractivity contribution < 1.29 is 8.78 Å². The fourth-order valence-corrected chi connectivity index (χ4v) is 2.49. The van der Waals surface area contributed by atoms with E-state index in [4.69, 9.17) is 11.6 Å². The summed E-state index contributed by atoms with van der Waals surface area (Å²) in [4.78, 5) is 0. The maximum Gasteiger partial charge on any atom is 0.132 e. The lowest BCUT2D eigenvalue weighted by molar-refractivity contribution is 0.543. The van der Waals surface area contributed by atoms with Gasteiger partial charge in [-0.15, -0.1) is 0 Å². The Hall–Kier alpha value is -1.41. The van der Waals surface area contributed by atoms with Gasteiger partial charge >= 0.3 is 0 Å². The molecule has 2 aromatic rings. The van der Waals surface area contributed by atoms with Crippen molar-refractivity contribution in [3.05, 3.63) is 69.7 Å². The zero-order chi connectivity index (χ0) is 14.7. The Morgan fingerprint density at radius 2 is 1.70 bits per heavy atom. The predicted molar refractivity (Wildman–Crippen MR) is 79.3 cm³/mol. The third-order valence-corrected chi connectivity index (χ3v) is 3.84. The van der Waals surface area contributed by atoms with E-state index in [1.807, 2.05) is 31.2 Å². The summed E-state index contributed by atoms with van der Waals surface area (Å²) >= 11 is 5.86. The summed E-state index contributed by atoms with van der Waals surface area (Å²) < 4.78 is 27.7. The molecule has 0 radical (unpaired) electrons. The Labute approximate surface area is 123 Å². The first-order valence-corrected chi connectivity index (χ1v) is 7.12. The molecule has 3 heteroatoms. The molecule has 0 amide bonds. The van der Waals surface area contributed by atoms with E-state index in [9.17, 15) is 8.78 Å². The minimum Gasteiger partial charge on any atom is -0.207 e. The van der Waals surface area contributed by atoms with Gasteiger partial charge in [-0.3, -0.25) is 0 Å². The molecule has 0 saturated heterocycles. The molecular weight excluding hydrogens is 278 g/mol. The summed E-state index contributed by atoms with van der Waals surface area (Å²) in [6.07, 6.45) is 0.904. The lowest BCUT2D eigenvalue weighted by Crippen LogP contribution is -2.04. The Balaban J connectivity index is 2.23. The zero-order valence-corrected chi connectivity index (χ0v) is 12.3. The lowest BCUT2D eigenvalue weighted by atomic mass is 9.92. The van der Waals surface area contributed by atoms with Crippen molar-refractivity contribution in [1.29, 1.82) is 0 Å². The van der Waals surface area contributed by atoms with Crippen molar-refractivity contribution in [3.8, 4) is 0 Å². The largest absolute Gasteiger partial charge is 0.207 e. The molecule has 0 fully saturated rings. The third-order valence-electron chi connectivity index (χ3n) is 3.58. The molecule has 0 aliphatic rings. The second-order valence-corrected chi connectivity index (χ2v) is 5.45. The van der Waals surface area contributed by atoms with Crippen LogP contribution in [0.3, 0.4) is 0 Å². The van der Waals surface area contributed by atoms with Crippen LogP contribution in [0.5, 0.6) is 0 Å². The molecule has 0 aliphatic heterocycles. The van der Waals surface area contributed by atoms with Crippen molar-refractivity contribution >= 4 is 11.6 Å². The van der Waals surface area contributed by atoms with E-state index >= 15 is 0 Å². The van der Waals surface area contributed by atoms with E-state index in [1.54, 1.807) is 6.92 Å². The van der Waals surface area contributed by atoms with E-state index in [2.05, 4.69) is 0 Å². The van der Waals surface area contributed by atoms with Gasteiger partial charge in [0.2, 0.25) is 0 Å². The topological polar surface area (TPSA) is 0 Å². The van der Waals surface area contributed by atoms with Crippen LogP contribution in [0.2, 0.25) is 5.02 Å². The average molecular weight is 295 g/mol. The molecule has 0 bridgehead atoms. The monoisotopic (exact) mass is 294 g/mol. The number of hydrogen-bond donors (Lipinski definition) is 0. The van der Waals surface area contributed by atoms with Gasteiger partial charge in [-0.2, -0.15) is 0 Å². The summed E-state index contributed by atoms with van der Waals surface area (Å²) in [5.41, 5.74) is 1.83. The number of benzene rings is 2. The van der Waals surface area contributed by atoms with Gasteiger partial charge < -0.3 is 0 Å². The Bertz CT molecular complexity index is 591. The Morgan fingerprint density at radius 1 is 1.05 bits per heavy atom. The van der Waals surface area contributed by atoms with Crippen LogP contribution in [-0.2, 0) is 12.8 Å². The van der Waals surface area contributed by atoms with Gasteiger partial charge in [-0.05, 0) is 48.1 Å². The molecule has 106 valence electrons. The van der Waals surface area contributed by atoms with Crippen LogP contribution in [0.1, 0.15) is 36.5 Å². The molecule has 0 spiro atoms. The standard InChI is InChI=1S/C17H17ClF2/c1-3-15-16(19)9-6-13(17(15)20)10-11(2)12-4-7-14(18)8-5-12/h4-9,11H,3,10H2,1-2H3. The van der Waals surface area contributed by atoms with Gasteiger partial charge in [0.05, 0.1) is 0 Å². The van der Waals surface area contributed by atoms with Gasteiger partial charge in [0.25, 0.3) is 0 Å². The Kier molecular flexibility index (Phi) is 4.77. The second kappa shape index (κ2) is 6.36. The second-order valence-electron chi connectivity index (χ2n) is 5.01. The van der Waals surface area contributed by atoms with Crippen molar-refractivity contribution in [3.63, 3.8) is 0 Å². The van der Waals surface area contributed by atoms with Crippen LogP contribution in [0.25, 0.3) is 0 Å². The van der Waals surface area contributed by atoms with E-state index in [-0.39, 0.29) is 11.5 Å². The highest BCUT2D eigenvalue weighted by Gasteiger charge is 2.15. The van der Waals surface area contributed by atoms with Gasteiger partial charge in [0, 0.05) is 10.6 Å². The normalized spacial score (nSPS) is 12.4. The molecule has 2 rings (SSSR count). The fraction of sp³-hybridized carbons (Fsp3) is 0.294.